The Morgan fingerprint density at radius 3 is 2.60 bits per heavy atom. The van der Waals surface area contributed by atoms with Gasteiger partial charge in [0.25, 0.3) is 0 Å². The van der Waals surface area contributed by atoms with E-state index in [0.717, 1.165) is 26.2 Å². The maximum atomic E-state index is 5.76. The lowest BCUT2D eigenvalue weighted by Gasteiger charge is -2.22. The third-order valence-corrected chi connectivity index (χ3v) is 3.58. The Labute approximate surface area is 122 Å². The van der Waals surface area contributed by atoms with Crippen LogP contribution in [0.2, 0.25) is 0 Å². The SMILES string of the molecule is CC(C)NCc1ccc(COCC2CCCCO2)cc1. The van der Waals surface area contributed by atoms with Crippen LogP contribution in [0.5, 0.6) is 0 Å². The van der Waals surface area contributed by atoms with E-state index in [-0.39, 0.29) is 0 Å². The molecule has 1 saturated heterocycles. The first-order chi connectivity index (χ1) is 9.74. The highest BCUT2D eigenvalue weighted by molar-refractivity contribution is 5.21. The molecule has 20 heavy (non-hydrogen) atoms. The van der Waals surface area contributed by atoms with E-state index in [4.69, 9.17) is 9.47 Å². The maximum Gasteiger partial charge on any atom is 0.0808 e. The molecule has 1 aliphatic heterocycles. The number of benzene rings is 1. The van der Waals surface area contributed by atoms with Crippen molar-refractivity contribution in [2.24, 2.45) is 0 Å². The monoisotopic (exact) mass is 277 g/mol. The van der Waals surface area contributed by atoms with Gasteiger partial charge in [-0.3, -0.25) is 0 Å². The lowest BCUT2D eigenvalue weighted by atomic mass is 10.1. The predicted molar refractivity (Wildman–Crippen MR) is 81.7 cm³/mol. The zero-order chi connectivity index (χ0) is 14.2. The number of rotatable bonds is 7. The third kappa shape index (κ3) is 5.61. The van der Waals surface area contributed by atoms with Gasteiger partial charge >= 0.3 is 0 Å². The molecule has 0 saturated carbocycles. The fraction of sp³-hybridized carbons (Fsp3) is 0.647. The van der Waals surface area contributed by atoms with Crippen LogP contribution in [0.4, 0.5) is 0 Å². The molecule has 0 radical (unpaired) electrons. The standard InChI is InChI=1S/C17H27NO2/c1-14(2)18-11-15-6-8-16(9-7-15)12-19-13-17-5-3-4-10-20-17/h6-9,14,17-18H,3-5,10-13H2,1-2H3. The van der Waals surface area contributed by atoms with Gasteiger partial charge in [0.05, 0.1) is 19.3 Å². The van der Waals surface area contributed by atoms with Crippen LogP contribution >= 0.6 is 0 Å². The van der Waals surface area contributed by atoms with Crippen molar-refractivity contribution < 1.29 is 9.47 Å². The first kappa shape index (κ1) is 15.5. The topological polar surface area (TPSA) is 30.5 Å². The summed E-state index contributed by atoms with van der Waals surface area (Å²) in [7, 11) is 0. The fourth-order valence-electron chi connectivity index (χ4n) is 2.32. The average Bonchev–Trinajstić information content (AvgIpc) is 2.47. The van der Waals surface area contributed by atoms with Crippen LogP contribution in [0.1, 0.15) is 44.2 Å². The summed E-state index contributed by atoms with van der Waals surface area (Å²) in [6, 6.07) is 9.17. The molecule has 0 aliphatic carbocycles. The van der Waals surface area contributed by atoms with Crippen molar-refractivity contribution in [1.29, 1.82) is 0 Å². The van der Waals surface area contributed by atoms with Gasteiger partial charge in [0.15, 0.2) is 0 Å². The summed E-state index contributed by atoms with van der Waals surface area (Å²) in [4.78, 5) is 0. The van der Waals surface area contributed by atoms with Gasteiger partial charge in [-0.2, -0.15) is 0 Å². The molecule has 1 aromatic rings. The largest absolute Gasteiger partial charge is 0.376 e. The van der Waals surface area contributed by atoms with Crippen molar-refractivity contribution in [1.82, 2.24) is 5.32 Å². The van der Waals surface area contributed by atoms with Gasteiger partial charge in [-0.15, -0.1) is 0 Å². The number of hydrogen-bond acceptors (Lipinski definition) is 3. The Hall–Kier alpha value is -0.900. The van der Waals surface area contributed by atoms with E-state index in [9.17, 15) is 0 Å². The number of ether oxygens (including phenoxy) is 2. The van der Waals surface area contributed by atoms with Gasteiger partial charge < -0.3 is 14.8 Å². The van der Waals surface area contributed by atoms with Gasteiger partial charge in [0, 0.05) is 19.2 Å². The van der Waals surface area contributed by atoms with Crippen LogP contribution in [-0.4, -0.2) is 25.4 Å². The molecular weight excluding hydrogens is 250 g/mol. The molecule has 0 amide bonds. The maximum absolute atomic E-state index is 5.76. The van der Waals surface area contributed by atoms with E-state index in [1.165, 1.54) is 24.0 Å². The summed E-state index contributed by atoms with van der Waals surface area (Å²) < 4.78 is 11.4. The molecule has 0 bridgehead atoms. The molecule has 1 N–H and O–H groups in total. The highest BCUT2D eigenvalue weighted by Crippen LogP contribution is 2.13. The first-order valence-corrected chi connectivity index (χ1v) is 7.74. The minimum atomic E-state index is 0.304. The minimum absolute atomic E-state index is 0.304. The third-order valence-electron chi connectivity index (χ3n) is 3.58. The lowest BCUT2D eigenvalue weighted by Crippen LogP contribution is -2.24. The Morgan fingerprint density at radius 1 is 1.20 bits per heavy atom. The second-order valence-electron chi connectivity index (χ2n) is 5.86. The number of nitrogens with one attached hydrogen (secondary N) is 1. The molecule has 1 heterocycles. The van der Waals surface area contributed by atoms with Crippen molar-refractivity contribution in [3.63, 3.8) is 0 Å². The fourth-order valence-corrected chi connectivity index (χ4v) is 2.32. The molecule has 0 aromatic heterocycles. The molecule has 1 unspecified atom stereocenters. The molecule has 1 aliphatic rings. The van der Waals surface area contributed by atoms with Crippen molar-refractivity contribution >= 4 is 0 Å². The highest BCUT2D eigenvalue weighted by Gasteiger charge is 2.13. The van der Waals surface area contributed by atoms with Crippen LogP contribution in [0.15, 0.2) is 24.3 Å². The zero-order valence-corrected chi connectivity index (χ0v) is 12.7. The second kappa shape index (κ2) is 8.40. The smallest absolute Gasteiger partial charge is 0.0808 e. The van der Waals surface area contributed by atoms with E-state index in [2.05, 4.69) is 43.4 Å². The van der Waals surface area contributed by atoms with E-state index in [0.29, 0.717) is 18.8 Å². The first-order valence-electron chi connectivity index (χ1n) is 7.74. The molecular formula is C17H27NO2. The van der Waals surface area contributed by atoms with E-state index < -0.39 is 0 Å². The quantitative estimate of drug-likeness (QED) is 0.829. The van der Waals surface area contributed by atoms with Crippen LogP contribution in [0.3, 0.4) is 0 Å². The molecule has 3 nitrogen and oxygen atoms in total. The van der Waals surface area contributed by atoms with Gasteiger partial charge in [-0.25, -0.2) is 0 Å². The molecule has 0 spiro atoms. The number of hydrogen-bond donors (Lipinski definition) is 1. The summed E-state index contributed by atoms with van der Waals surface area (Å²) in [6.07, 6.45) is 3.91. The van der Waals surface area contributed by atoms with E-state index in [1.807, 2.05) is 0 Å². The molecule has 1 atom stereocenters. The van der Waals surface area contributed by atoms with Gasteiger partial charge in [0.2, 0.25) is 0 Å². The van der Waals surface area contributed by atoms with E-state index >= 15 is 0 Å². The zero-order valence-electron chi connectivity index (χ0n) is 12.7. The second-order valence-corrected chi connectivity index (χ2v) is 5.86. The Morgan fingerprint density at radius 2 is 1.95 bits per heavy atom. The van der Waals surface area contributed by atoms with Crippen molar-refractivity contribution in [3.8, 4) is 0 Å². The van der Waals surface area contributed by atoms with Crippen LogP contribution in [-0.2, 0) is 22.6 Å². The summed E-state index contributed by atoms with van der Waals surface area (Å²) in [5, 5.41) is 3.42. The van der Waals surface area contributed by atoms with Gasteiger partial charge in [-0.1, -0.05) is 38.1 Å². The Kier molecular flexibility index (Phi) is 6.51. The summed E-state index contributed by atoms with van der Waals surface area (Å²) >= 11 is 0. The van der Waals surface area contributed by atoms with Crippen LogP contribution in [0, 0.1) is 0 Å². The highest BCUT2D eigenvalue weighted by atomic mass is 16.5. The Balaban J connectivity index is 1.67. The molecule has 3 heteroatoms. The lowest BCUT2D eigenvalue weighted by molar-refractivity contribution is -0.0447. The minimum Gasteiger partial charge on any atom is -0.376 e. The summed E-state index contributed by atoms with van der Waals surface area (Å²) in [6.45, 7) is 7.54. The predicted octanol–water partition coefficient (Wildman–Crippen LogP) is 3.27. The van der Waals surface area contributed by atoms with Crippen LogP contribution in [0.25, 0.3) is 0 Å². The van der Waals surface area contributed by atoms with E-state index in [1.54, 1.807) is 0 Å². The molecule has 1 aromatic carbocycles. The van der Waals surface area contributed by atoms with Gasteiger partial charge in [-0.05, 0) is 30.4 Å². The normalized spacial score (nSPS) is 19.4. The summed E-state index contributed by atoms with van der Waals surface area (Å²) in [5.41, 5.74) is 2.55. The van der Waals surface area contributed by atoms with Crippen molar-refractivity contribution in [2.45, 2.75) is 58.4 Å². The summed E-state index contributed by atoms with van der Waals surface area (Å²) in [5.74, 6) is 0. The average molecular weight is 277 g/mol. The molecule has 2 rings (SSSR count). The van der Waals surface area contributed by atoms with Crippen molar-refractivity contribution in [3.05, 3.63) is 35.4 Å². The van der Waals surface area contributed by atoms with Gasteiger partial charge in [0.1, 0.15) is 0 Å². The molecule has 112 valence electrons. The van der Waals surface area contributed by atoms with Crippen LogP contribution < -0.4 is 5.32 Å². The van der Waals surface area contributed by atoms with Crippen molar-refractivity contribution in [2.75, 3.05) is 13.2 Å². The Bertz CT molecular complexity index is 369. The molecule has 1 fully saturated rings.